The lowest BCUT2D eigenvalue weighted by Crippen LogP contribution is -2.38. The molecule has 2 atom stereocenters. The van der Waals surface area contributed by atoms with E-state index in [4.69, 9.17) is 23.8 Å². The lowest BCUT2D eigenvalue weighted by Gasteiger charge is -2.47. The number of nitriles is 1. The molecule has 0 N–H and O–H groups in total. The van der Waals surface area contributed by atoms with E-state index in [-0.39, 0.29) is 5.41 Å². The van der Waals surface area contributed by atoms with Crippen LogP contribution in [0.25, 0.3) is 89.2 Å². The van der Waals surface area contributed by atoms with Crippen molar-refractivity contribution in [2.24, 2.45) is 17.8 Å². The van der Waals surface area contributed by atoms with E-state index in [9.17, 15) is 5.26 Å². The number of aromatic nitrogens is 3. The van der Waals surface area contributed by atoms with Crippen molar-refractivity contribution in [2.75, 3.05) is 0 Å². The van der Waals surface area contributed by atoms with Crippen molar-refractivity contribution in [3.8, 4) is 51.4 Å². The van der Waals surface area contributed by atoms with Crippen LogP contribution < -0.4 is 0 Å². The standard InChI is InChI=1S/C51H40N4O2/c1-30-22-32-23-33(24-32)28-51(2,27-30)43-12-7-11-41-40-21-19-36(26-46(40)57-47(41)43)49-53-48(35-18-20-39-38-9-5-6-13-44(38)56-45(39)25-35)54-50(55-49)42-10-4-3-8-37(42)34-16-14-31(29-52)15-17-34/h3-21,25-26,30,32-33H,22-24,27-28H2,1-2H3/t30-,32-,33-,51?/m0/s1. The molecule has 6 aromatic carbocycles. The molecule has 3 aromatic heterocycles. The van der Waals surface area contributed by atoms with Crippen LogP contribution in [-0.4, -0.2) is 15.0 Å². The summed E-state index contributed by atoms with van der Waals surface area (Å²) in [6.07, 6.45) is 6.49. The number of hydrogen-bond donors (Lipinski definition) is 0. The van der Waals surface area contributed by atoms with Crippen LogP contribution >= 0.6 is 0 Å². The monoisotopic (exact) mass is 740 g/mol. The van der Waals surface area contributed by atoms with Crippen LogP contribution in [0, 0.1) is 29.1 Å². The Balaban J connectivity index is 1.07. The molecule has 0 saturated heterocycles. The molecule has 3 heterocycles. The molecule has 2 bridgehead atoms. The van der Waals surface area contributed by atoms with Gasteiger partial charge in [-0.2, -0.15) is 5.26 Å². The average Bonchev–Trinajstić information content (AvgIpc) is 3.79. The van der Waals surface area contributed by atoms with E-state index in [0.29, 0.717) is 29.0 Å². The summed E-state index contributed by atoms with van der Waals surface area (Å²) in [4.78, 5) is 15.5. The van der Waals surface area contributed by atoms with Gasteiger partial charge in [0.05, 0.1) is 11.6 Å². The van der Waals surface area contributed by atoms with Crippen LogP contribution in [0.4, 0.5) is 0 Å². The number of hydrogen-bond acceptors (Lipinski definition) is 6. The van der Waals surface area contributed by atoms with Crippen LogP contribution in [0.5, 0.6) is 0 Å². The highest BCUT2D eigenvalue weighted by Crippen LogP contribution is 2.52. The van der Waals surface area contributed by atoms with Gasteiger partial charge in [0.2, 0.25) is 0 Å². The van der Waals surface area contributed by atoms with E-state index in [0.717, 1.165) is 83.5 Å². The SMILES string of the molecule is C[C@@H]1CC(C)(c2cccc3c2oc2cc(-c4nc(-c5ccc6c(c5)oc5ccccc56)nc(-c5ccccc5-c5ccc(C#N)cc5)n4)ccc23)C[C@H]2C[C@H](C1)C2. The molecule has 3 aliphatic carbocycles. The molecule has 12 rings (SSSR count). The lowest BCUT2D eigenvalue weighted by atomic mass is 9.58. The summed E-state index contributed by atoms with van der Waals surface area (Å²) < 4.78 is 13.2. The summed E-state index contributed by atoms with van der Waals surface area (Å²) in [6, 6.07) is 45.3. The minimum Gasteiger partial charge on any atom is -0.456 e. The Labute approximate surface area is 330 Å². The fourth-order valence-electron chi connectivity index (χ4n) is 10.3. The Morgan fingerprint density at radius 3 is 1.93 bits per heavy atom. The second-order valence-corrected chi connectivity index (χ2v) is 16.9. The van der Waals surface area contributed by atoms with Crippen LogP contribution in [0.1, 0.15) is 57.1 Å². The predicted octanol–water partition coefficient (Wildman–Crippen LogP) is 13.3. The molecule has 1 unspecified atom stereocenters. The molecule has 0 spiro atoms. The van der Waals surface area contributed by atoms with Crippen molar-refractivity contribution in [1.29, 1.82) is 5.26 Å². The van der Waals surface area contributed by atoms with Crippen LogP contribution in [0.3, 0.4) is 0 Å². The first-order valence-corrected chi connectivity index (χ1v) is 20.1. The Bertz CT molecular complexity index is 3070. The maximum absolute atomic E-state index is 9.46. The number of furan rings is 2. The van der Waals surface area contributed by atoms with Gasteiger partial charge in [0, 0.05) is 43.8 Å². The van der Waals surface area contributed by atoms with Gasteiger partial charge in [0.15, 0.2) is 17.5 Å². The second kappa shape index (κ2) is 13.0. The van der Waals surface area contributed by atoms with Crippen molar-refractivity contribution >= 4 is 43.9 Å². The first-order valence-electron chi connectivity index (χ1n) is 20.1. The molecule has 3 aliphatic rings. The topological polar surface area (TPSA) is 88.7 Å². The van der Waals surface area contributed by atoms with E-state index in [1.165, 1.54) is 37.7 Å². The Morgan fingerprint density at radius 1 is 0.561 bits per heavy atom. The van der Waals surface area contributed by atoms with Crippen LogP contribution in [0.15, 0.2) is 136 Å². The molecular weight excluding hydrogens is 701 g/mol. The molecule has 6 heteroatoms. The number of nitrogens with zero attached hydrogens (tertiary/aromatic N) is 4. The third-order valence-electron chi connectivity index (χ3n) is 12.8. The fraction of sp³-hybridized carbons (Fsp3) is 0.216. The highest BCUT2D eigenvalue weighted by Gasteiger charge is 2.42. The third kappa shape index (κ3) is 5.72. The van der Waals surface area contributed by atoms with Gasteiger partial charge in [-0.25, -0.2) is 15.0 Å². The zero-order chi connectivity index (χ0) is 38.3. The zero-order valence-corrected chi connectivity index (χ0v) is 32.0. The fourth-order valence-corrected chi connectivity index (χ4v) is 10.3. The molecule has 0 radical (unpaired) electrons. The van der Waals surface area contributed by atoms with Gasteiger partial charge >= 0.3 is 0 Å². The molecule has 3 saturated carbocycles. The van der Waals surface area contributed by atoms with E-state index in [1.54, 1.807) is 0 Å². The summed E-state index contributed by atoms with van der Waals surface area (Å²) in [5, 5.41) is 13.8. The number of rotatable bonds is 5. The van der Waals surface area contributed by atoms with Gasteiger partial charge in [-0.15, -0.1) is 0 Å². The number of fused-ring (bicyclic) bond motifs is 10. The largest absolute Gasteiger partial charge is 0.456 e. The summed E-state index contributed by atoms with van der Waals surface area (Å²) in [7, 11) is 0. The molecule has 276 valence electrons. The molecule has 9 aromatic rings. The Morgan fingerprint density at radius 2 is 1.18 bits per heavy atom. The minimum absolute atomic E-state index is 0.0625. The summed E-state index contributed by atoms with van der Waals surface area (Å²) in [5.74, 6) is 4.07. The molecule has 3 fully saturated rings. The third-order valence-corrected chi connectivity index (χ3v) is 12.8. The van der Waals surface area contributed by atoms with Crippen molar-refractivity contribution in [2.45, 2.75) is 51.4 Å². The van der Waals surface area contributed by atoms with Gasteiger partial charge < -0.3 is 8.83 Å². The van der Waals surface area contributed by atoms with E-state index < -0.39 is 0 Å². The predicted molar refractivity (Wildman–Crippen MR) is 227 cm³/mol. The molecule has 0 amide bonds. The smallest absolute Gasteiger partial charge is 0.164 e. The van der Waals surface area contributed by atoms with Crippen molar-refractivity contribution in [1.82, 2.24) is 15.0 Å². The summed E-state index contributed by atoms with van der Waals surface area (Å²) in [5.41, 5.74) is 9.94. The maximum Gasteiger partial charge on any atom is 0.164 e. The van der Waals surface area contributed by atoms with Crippen molar-refractivity contribution in [3.63, 3.8) is 0 Å². The van der Waals surface area contributed by atoms with Crippen LogP contribution in [0.2, 0.25) is 0 Å². The Kier molecular flexibility index (Phi) is 7.69. The second-order valence-electron chi connectivity index (χ2n) is 16.9. The average molecular weight is 741 g/mol. The quantitative estimate of drug-likeness (QED) is 0.175. The lowest BCUT2D eigenvalue weighted by molar-refractivity contribution is 0.0836. The first-order chi connectivity index (χ1) is 27.9. The summed E-state index contributed by atoms with van der Waals surface area (Å²) >= 11 is 0. The van der Waals surface area contributed by atoms with Crippen molar-refractivity contribution < 1.29 is 8.83 Å². The van der Waals surface area contributed by atoms with Gasteiger partial charge in [-0.3, -0.25) is 0 Å². The molecular formula is C51H40N4O2. The van der Waals surface area contributed by atoms with Crippen molar-refractivity contribution in [3.05, 3.63) is 139 Å². The summed E-state index contributed by atoms with van der Waals surface area (Å²) in [6.45, 7) is 4.92. The molecule has 0 aliphatic heterocycles. The molecule has 6 nitrogen and oxygen atoms in total. The highest BCUT2D eigenvalue weighted by atomic mass is 16.3. The normalized spacial score (nSPS) is 20.7. The minimum atomic E-state index is 0.0625. The highest BCUT2D eigenvalue weighted by molar-refractivity contribution is 6.07. The number of benzene rings is 6. The van der Waals surface area contributed by atoms with Gasteiger partial charge in [0.25, 0.3) is 0 Å². The molecule has 57 heavy (non-hydrogen) atoms. The maximum atomic E-state index is 9.46. The first kappa shape index (κ1) is 33.7. The Hall–Kier alpha value is -6.58. The van der Waals surface area contributed by atoms with Gasteiger partial charge in [-0.05, 0) is 109 Å². The van der Waals surface area contributed by atoms with Crippen LogP contribution in [-0.2, 0) is 5.41 Å². The van der Waals surface area contributed by atoms with Gasteiger partial charge in [0.1, 0.15) is 22.3 Å². The van der Waals surface area contributed by atoms with E-state index >= 15 is 0 Å². The van der Waals surface area contributed by atoms with Gasteiger partial charge in [-0.1, -0.05) is 98.8 Å². The zero-order valence-electron chi connectivity index (χ0n) is 32.0. The van der Waals surface area contributed by atoms with E-state index in [1.807, 2.05) is 66.7 Å². The number of para-hydroxylation sites is 2. The van der Waals surface area contributed by atoms with E-state index in [2.05, 4.69) is 80.6 Å².